The summed E-state index contributed by atoms with van der Waals surface area (Å²) in [7, 11) is 0. The molecule has 16 heteroatoms. The maximum Gasteiger partial charge on any atom is 0.326 e. The maximum absolute atomic E-state index is 13.1. The molecule has 206 valence electrons. The molecule has 0 aliphatic rings. The SMILES string of the molecule is CC(C)C(NC(=O)C(N)CC(N)=O)C(=O)NC(Cc1cnc[nH]1)C(=O)NC(CCCN=C(N)N)C(=O)O. The summed E-state index contributed by atoms with van der Waals surface area (Å²) in [5.74, 6) is -4.88. The molecular formula is C21H36N10O6. The Morgan fingerprint density at radius 2 is 1.68 bits per heavy atom. The molecule has 0 saturated heterocycles. The van der Waals surface area contributed by atoms with Crippen LogP contribution >= 0.6 is 0 Å². The number of guanidine groups is 1. The van der Waals surface area contributed by atoms with E-state index in [4.69, 9.17) is 22.9 Å². The van der Waals surface area contributed by atoms with E-state index in [1.165, 1.54) is 12.5 Å². The Hall–Kier alpha value is -4.21. The highest BCUT2D eigenvalue weighted by Gasteiger charge is 2.32. The Kier molecular flexibility index (Phi) is 12.5. The number of carbonyl (C=O) groups is 5. The fourth-order valence-electron chi connectivity index (χ4n) is 3.22. The van der Waals surface area contributed by atoms with Crippen molar-refractivity contribution in [3.8, 4) is 0 Å². The minimum atomic E-state index is -1.28. The molecule has 1 heterocycles. The van der Waals surface area contributed by atoms with Gasteiger partial charge in [-0.3, -0.25) is 24.2 Å². The molecule has 4 unspecified atom stereocenters. The van der Waals surface area contributed by atoms with E-state index in [1.54, 1.807) is 13.8 Å². The molecule has 4 atom stereocenters. The van der Waals surface area contributed by atoms with Gasteiger partial charge in [0.1, 0.15) is 18.1 Å². The molecule has 1 aromatic rings. The van der Waals surface area contributed by atoms with Crippen molar-refractivity contribution in [2.75, 3.05) is 6.54 Å². The van der Waals surface area contributed by atoms with Gasteiger partial charge in [-0.15, -0.1) is 0 Å². The van der Waals surface area contributed by atoms with Crippen LogP contribution in [0.25, 0.3) is 0 Å². The molecule has 0 radical (unpaired) electrons. The number of H-pyrrole nitrogens is 1. The Morgan fingerprint density at radius 3 is 2.19 bits per heavy atom. The summed E-state index contributed by atoms with van der Waals surface area (Å²) in [4.78, 5) is 71.7. The van der Waals surface area contributed by atoms with Crippen molar-refractivity contribution in [3.05, 3.63) is 18.2 Å². The van der Waals surface area contributed by atoms with E-state index in [-0.39, 0.29) is 31.8 Å². The molecule has 16 nitrogen and oxygen atoms in total. The topological polar surface area (TPSA) is 287 Å². The molecule has 0 aliphatic heterocycles. The third kappa shape index (κ3) is 11.4. The Bertz CT molecular complexity index is 961. The minimum absolute atomic E-state index is 0.0327. The number of hydrogen-bond acceptors (Lipinski definition) is 8. The van der Waals surface area contributed by atoms with E-state index >= 15 is 0 Å². The molecule has 1 aromatic heterocycles. The first-order valence-corrected chi connectivity index (χ1v) is 11.5. The second-order valence-corrected chi connectivity index (χ2v) is 8.70. The number of nitrogens with zero attached hydrogens (tertiary/aromatic N) is 2. The average molecular weight is 525 g/mol. The van der Waals surface area contributed by atoms with Gasteiger partial charge in [0.25, 0.3) is 0 Å². The van der Waals surface area contributed by atoms with Crippen LogP contribution in [0.15, 0.2) is 17.5 Å². The van der Waals surface area contributed by atoms with E-state index < -0.39 is 66.1 Å². The molecule has 4 amide bonds. The molecule has 0 bridgehead atoms. The molecule has 0 spiro atoms. The van der Waals surface area contributed by atoms with Crippen LogP contribution in [0.1, 0.15) is 38.8 Å². The second kappa shape index (κ2) is 15.0. The van der Waals surface area contributed by atoms with Gasteiger partial charge in [-0.05, 0) is 18.8 Å². The maximum atomic E-state index is 13.1. The van der Waals surface area contributed by atoms with Crippen molar-refractivity contribution in [3.63, 3.8) is 0 Å². The van der Waals surface area contributed by atoms with Crippen molar-refractivity contribution in [1.29, 1.82) is 0 Å². The zero-order chi connectivity index (χ0) is 28.1. The lowest BCUT2D eigenvalue weighted by atomic mass is 10.0. The van der Waals surface area contributed by atoms with Crippen LogP contribution in [0.2, 0.25) is 0 Å². The summed E-state index contributed by atoms with van der Waals surface area (Å²) < 4.78 is 0. The molecule has 0 aromatic carbocycles. The van der Waals surface area contributed by atoms with Gasteiger partial charge in [0, 0.05) is 24.9 Å². The fraction of sp³-hybridized carbons (Fsp3) is 0.571. The lowest BCUT2D eigenvalue weighted by molar-refractivity contribution is -0.142. The predicted molar refractivity (Wildman–Crippen MR) is 132 cm³/mol. The normalized spacial score (nSPS) is 14.1. The summed E-state index contributed by atoms with van der Waals surface area (Å²) >= 11 is 0. The van der Waals surface area contributed by atoms with Crippen molar-refractivity contribution >= 4 is 35.6 Å². The smallest absolute Gasteiger partial charge is 0.326 e. The summed E-state index contributed by atoms with van der Waals surface area (Å²) in [5, 5.41) is 17.0. The van der Waals surface area contributed by atoms with Gasteiger partial charge in [0.2, 0.25) is 23.6 Å². The Labute approximate surface area is 213 Å². The molecule has 13 N–H and O–H groups in total. The van der Waals surface area contributed by atoms with E-state index in [0.29, 0.717) is 5.69 Å². The van der Waals surface area contributed by atoms with Crippen LogP contribution in [0.4, 0.5) is 0 Å². The highest BCUT2D eigenvalue weighted by atomic mass is 16.4. The quantitative estimate of drug-likeness (QED) is 0.0581. The number of aliphatic imine (C=N–C) groups is 1. The largest absolute Gasteiger partial charge is 0.480 e. The number of imidazole rings is 1. The molecule has 1 rings (SSSR count). The molecular weight excluding hydrogens is 488 g/mol. The first kappa shape index (κ1) is 30.8. The van der Waals surface area contributed by atoms with Gasteiger partial charge in [-0.25, -0.2) is 9.78 Å². The van der Waals surface area contributed by atoms with Crippen LogP contribution < -0.4 is 38.9 Å². The predicted octanol–water partition coefficient (Wildman–Crippen LogP) is -3.60. The summed E-state index contributed by atoms with van der Waals surface area (Å²) in [5.41, 5.74) is 21.7. The molecule has 0 fully saturated rings. The van der Waals surface area contributed by atoms with E-state index in [0.717, 1.165) is 0 Å². The van der Waals surface area contributed by atoms with Crippen molar-refractivity contribution < 1.29 is 29.1 Å². The third-order valence-corrected chi connectivity index (χ3v) is 5.18. The van der Waals surface area contributed by atoms with Crippen LogP contribution in [-0.2, 0) is 30.4 Å². The first-order chi connectivity index (χ1) is 17.3. The lowest BCUT2D eigenvalue weighted by Crippen LogP contribution is -2.59. The number of carbonyl (C=O) groups excluding carboxylic acids is 4. The number of primary amides is 1. The number of aromatic amines is 1. The third-order valence-electron chi connectivity index (χ3n) is 5.18. The van der Waals surface area contributed by atoms with E-state index in [2.05, 4.69) is 30.9 Å². The van der Waals surface area contributed by atoms with E-state index in [1.807, 2.05) is 0 Å². The highest BCUT2D eigenvalue weighted by molar-refractivity contribution is 5.95. The van der Waals surface area contributed by atoms with Crippen LogP contribution in [-0.4, -0.2) is 81.3 Å². The summed E-state index contributed by atoms with van der Waals surface area (Å²) in [6.45, 7) is 3.49. The van der Waals surface area contributed by atoms with Crippen LogP contribution in [0.3, 0.4) is 0 Å². The van der Waals surface area contributed by atoms with Gasteiger partial charge < -0.3 is 49.0 Å². The number of nitrogens with one attached hydrogen (secondary N) is 4. The standard InChI is InChI=1S/C21H36N10O6/c1-10(2)16(31-17(33)12(22)7-15(23)32)19(35)30-14(6-11-8-26-9-28-11)18(34)29-13(20(36)37)4-3-5-27-21(24)25/h8-10,12-14,16H,3-7,22H2,1-2H3,(H2,23,32)(H,26,28)(H,29,34)(H,30,35)(H,31,33)(H,36,37)(H4,24,25,27). The van der Waals surface area contributed by atoms with Gasteiger partial charge in [0.15, 0.2) is 5.96 Å². The van der Waals surface area contributed by atoms with E-state index in [9.17, 15) is 29.1 Å². The monoisotopic (exact) mass is 524 g/mol. The second-order valence-electron chi connectivity index (χ2n) is 8.70. The summed E-state index contributed by atoms with van der Waals surface area (Å²) in [6, 6.07) is -4.86. The van der Waals surface area contributed by atoms with Gasteiger partial charge in [-0.2, -0.15) is 0 Å². The van der Waals surface area contributed by atoms with Crippen molar-refractivity contribution in [2.24, 2.45) is 33.8 Å². The number of nitrogens with two attached hydrogens (primary N) is 4. The van der Waals surface area contributed by atoms with Crippen molar-refractivity contribution in [2.45, 2.75) is 63.7 Å². The first-order valence-electron chi connectivity index (χ1n) is 11.5. The number of hydrogen-bond donors (Lipinski definition) is 9. The Morgan fingerprint density at radius 1 is 1.03 bits per heavy atom. The van der Waals surface area contributed by atoms with Gasteiger partial charge in [-0.1, -0.05) is 13.8 Å². The lowest BCUT2D eigenvalue weighted by Gasteiger charge is -2.26. The zero-order valence-electron chi connectivity index (χ0n) is 20.8. The number of amides is 4. The van der Waals surface area contributed by atoms with Crippen LogP contribution in [0.5, 0.6) is 0 Å². The van der Waals surface area contributed by atoms with Gasteiger partial charge >= 0.3 is 5.97 Å². The number of aliphatic carboxylic acids is 1. The molecule has 0 saturated carbocycles. The van der Waals surface area contributed by atoms with Gasteiger partial charge in [0.05, 0.1) is 18.8 Å². The zero-order valence-corrected chi connectivity index (χ0v) is 20.8. The average Bonchev–Trinajstić information content (AvgIpc) is 3.30. The Balaban J connectivity index is 3.00. The number of carboxylic acids is 1. The summed E-state index contributed by atoms with van der Waals surface area (Å²) in [6.07, 6.45) is 2.68. The fourth-order valence-corrected chi connectivity index (χ4v) is 3.22. The van der Waals surface area contributed by atoms with Crippen LogP contribution in [0, 0.1) is 5.92 Å². The highest BCUT2D eigenvalue weighted by Crippen LogP contribution is 2.07. The minimum Gasteiger partial charge on any atom is -0.480 e. The number of rotatable bonds is 16. The molecule has 37 heavy (non-hydrogen) atoms. The number of carboxylic acid groups (broad SMARTS) is 1. The molecule has 0 aliphatic carbocycles. The number of aromatic nitrogens is 2. The van der Waals surface area contributed by atoms with Crippen molar-refractivity contribution in [1.82, 2.24) is 25.9 Å².